The van der Waals surface area contributed by atoms with E-state index in [9.17, 15) is 18.9 Å². The molecular weight excluding hydrogens is 340 g/mol. The van der Waals surface area contributed by atoms with Crippen LogP contribution in [0.4, 0.5) is 20.2 Å². The summed E-state index contributed by atoms with van der Waals surface area (Å²) in [5.74, 6) is -1.50. The van der Waals surface area contributed by atoms with Gasteiger partial charge in [0.05, 0.1) is 15.8 Å². The molecule has 1 fully saturated rings. The smallest absolute Gasteiger partial charge is 0.301 e. The van der Waals surface area contributed by atoms with Gasteiger partial charge < -0.3 is 4.90 Å². The molecule has 0 N–H and O–H groups in total. The molecule has 0 spiro atoms. The molecule has 1 aromatic heterocycles. The molecule has 1 aliphatic rings. The van der Waals surface area contributed by atoms with Crippen LogP contribution in [0, 0.1) is 21.7 Å². The van der Waals surface area contributed by atoms with Crippen molar-refractivity contribution >= 4 is 22.3 Å². The van der Waals surface area contributed by atoms with E-state index in [2.05, 4.69) is 4.98 Å². The summed E-state index contributed by atoms with van der Waals surface area (Å²) in [5, 5.41) is 12.1. The molecule has 7 heteroatoms. The second-order valence-corrected chi connectivity index (χ2v) is 6.33. The maximum absolute atomic E-state index is 14.1. The van der Waals surface area contributed by atoms with E-state index in [4.69, 9.17) is 0 Å². The predicted molar refractivity (Wildman–Crippen MR) is 94.3 cm³/mol. The highest BCUT2D eigenvalue weighted by Gasteiger charge is 2.32. The first-order valence-corrected chi connectivity index (χ1v) is 8.27. The molecule has 0 amide bonds. The van der Waals surface area contributed by atoms with Gasteiger partial charge in [-0.2, -0.15) is 0 Å². The quantitative estimate of drug-likeness (QED) is 0.516. The number of nitrogens with zero attached hydrogens (tertiary/aromatic N) is 3. The Kier molecular flexibility index (Phi) is 3.99. The maximum atomic E-state index is 14.1. The van der Waals surface area contributed by atoms with E-state index in [0.29, 0.717) is 36.1 Å². The van der Waals surface area contributed by atoms with E-state index < -0.39 is 16.6 Å². The highest BCUT2D eigenvalue weighted by atomic mass is 19.1. The van der Waals surface area contributed by atoms with Crippen molar-refractivity contribution in [1.29, 1.82) is 0 Å². The number of anilines is 1. The number of hydrogen-bond acceptors (Lipinski definition) is 4. The van der Waals surface area contributed by atoms with Gasteiger partial charge in [0.2, 0.25) is 0 Å². The van der Waals surface area contributed by atoms with Gasteiger partial charge in [-0.15, -0.1) is 0 Å². The van der Waals surface area contributed by atoms with Crippen molar-refractivity contribution in [3.05, 3.63) is 76.0 Å². The van der Waals surface area contributed by atoms with Crippen molar-refractivity contribution in [1.82, 2.24) is 4.98 Å². The number of benzene rings is 2. The molecule has 0 aliphatic carbocycles. The Bertz CT molecular complexity index is 989. The Morgan fingerprint density at radius 2 is 1.88 bits per heavy atom. The van der Waals surface area contributed by atoms with E-state index >= 15 is 0 Å². The summed E-state index contributed by atoms with van der Waals surface area (Å²) in [6, 6.07) is 10.5. The number of fused-ring (bicyclic) bond motifs is 1. The molecule has 0 bridgehead atoms. The first kappa shape index (κ1) is 16.4. The molecule has 2 heterocycles. The molecule has 0 radical (unpaired) electrons. The summed E-state index contributed by atoms with van der Waals surface area (Å²) < 4.78 is 28.1. The molecule has 132 valence electrons. The molecule has 3 aromatic rings. The number of aromatic nitrogens is 1. The minimum atomic E-state index is -0.575. The lowest BCUT2D eigenvalue weighted by Crippen LogP contribution is -2.21. The first-order valence-electron chi connectivity index (χ1n) is 8.27. The minimum Gasteiger partial charge on any atom is -0.365 e. The summed E-state index contributed by atoms with van der Waals surface area (Å²) in [7, 11) is 0. The molecule has 26 heavy (non-hydrogen) atoms. The zero-order chi connectivity index (χ0) is 18.3. The molecule has 0 saturated carbocycles. The number of halogens is 2. The Hall–Kier alpha value is -3.09. The average Bonchev–Trinajstić information content (AvgIpc) is 3.10. The number of pyridine rings is 1. The lowest BCUT2D eigenvalue weighted by atomic mass is 9.97. The largest absolute Gasteiger partial charge is 0.365 e. The number of nitro benzene ring substituents is 1. The fraction of sp³-hybridized carbons (Fsp3) is 0.211. The van der Waals surface area contributed by atoms with Crippen LogP contribution < -0.4 is 4.90 Å². The molecule has 4 rings (SSSR count). The van der Waals surface area contributed by atoms with Crippen LogP contribution in [-0.4, -0.2) is 23.0 Å². The minimum absolute atomic E-state index is 0.0229. The monoisotopic (exact) mass is 355 g/mol. The van der Waals surface area contributed by atoms with Gasteiger partial charge in [-0.3, -0.25) is 15.1 Å². The Morgan fingerprint density at radius 1 is 1.12 bits per heavy atom. The van der Waals surface area contributed by atoms with Gasteiger partial charge in [-0.1, -0.05) is 6.07 Å². The molecule has 1 atom stereocenters. The van der Waals surface area contributed by atoms with Crippen LogP contribution in [0.15, 0.2) is 48.7 Å². The third-order valence-electron chi connectivity index (χ3n) is 4.85. The highest BCUT2D eigenvalue weighted by molar-refractivity contribution is 5.94. The SMILES string of the molecule is O=[N+]([O-])c1c(N2CCC(c3c(F)cccc3F)C2)ccc2ncccc12. The zero-order valence-electron chi connectivity index (χ0n) is 13.7. The van der Waals surface area contributed by atoms with Crippen molar-refractivity contribution < 1.29 is 13.7 Å². The van der Waals surface area contributed by atoms with Gasteiger partial charge in [-0.25, -0.2) is 8.78 Å². The summed E-state index contributed by atoms with van der Waals surface area (Å²) in [4.78, 5) is 17.2. The molecular formula is C19H15F2N3O2. The molecule has 1 unspecified atom stereocenters. The predicted octanol–water partition coefficient (Wildman–Crippen LogP) is 4.42. The zero-order valence-corrected chi connectivity index (χ0v) is 13.7. The van der Waals surface area contributed by atoms with Crippen molar-refractivity contribution in [2.24, 2.45) is 0 Å². The van der Waals surface area contributed by atoms with Gasteiger partial charge in [0.25, 0.3) is 0 Å². The van der Waals surface area contributed by atoms with E-state index in [-0.39, 0.29) is 17.2 Å². The number of rotatable bonds is 3. The Labute approximate surface area is 148 Å². The van der Waals surface area contributed by atoms with Crippen molar-refractivity contribution in [3.63, 3.8) is 0 Å². The summed E-state index contributed by atoms with van der Waals surface area (Å²) in [5.41, 5.74) is 1.03. The summed E-state index contributed by atoms with van der Waals surface area (Å²) >= 11 is 0. The van der Waals surface area contributed by atoms with Crippen LogP contribution >= 0.6 is 0 Å². The molecule has 1 aliphatic heterocycles. The van der Waals surface area contributed by atoms with Gasteiger partial charge in [0.1, 0.15) is 17.3 Å². The molecule has 1 saturated heterocycles. The van der Waals surface area contributed by atoms with Crippen LogP contribution in [0.5, 0.6) is 0 Å². The van der Waals surface area contributed by atoms with E-state index in [0.717, 1.165) is 0 Å². The highest BCUT2D eigenvalue weighted by Crippen LogP contribution is 2.40. The number of nitro groups is 1. The standard InChI is InChI=1S/C19H15F2N3O2/c20-14-4-1-5-15(21)18(14)12-8-10-23(11-12)17-7-6-16-13(3-2-9-22-16)19(17)24(25)26/h1-7,9,12H,8,10-11H2. The van der Waals surface area contributed by atoms with Gasteiger partial charge in [0, 0.05) is 30.8 Å². The van der Waals surface area contributed by atoms with Crippen LogP contribution in [0.1, 0.15) is 17.9 Å². The van der Waals surface area contributed by atoms with Crippen LogP contribution in [0.3, 0.4) is 0 Å². The average molecular weight is 355 g/mol. The first-order chi connectivity index (χ1) is 12.6. The Balaban J connectivity index is 1.74. The van der Waals surface area contributed by atoms with Crippen LogP contribution in [0.2, 0.25) is 0 Å². The molecule has 2 aromatic carbocycles. The van der Waals surface area contributed by atoms with Gasteiger partial charge in [0.15, 0.2) is 0 Å². The lowest BCUT2D eigenvalue weighted by Gasteiger charge is -2.19. The second kappa shape index (κ2) is 6.33. The normalized spacial score (nSPS) is 17.0. The fourth-order valence-corrected chi connectivity index (χ4v) is 3.69. The van der Waals surface area contributed by atoms with E-state index in [1.165, 1.54) is 18.2 Å². The lowest BCUT2D eigenvalue weighted by molar-refractivity contribution is -0.382. The van der Waals surface area contributed by atoms with Gasteiger partial charge >= 0.3 is 5.69 Å². The van der Waals surface area contributed by atoms with E-state index in [1.807, 2.05) is 4.90 Å². The second-order valence-electron chi connectivity index (χ2n) is 6.33. The maximum Gasteiger partial charge on any atom is 0.301 e. The Morgan fingerprint density at radius 3 is 2.62 bits per heavy atom. The van der Waals surface area contributed by atoms with Gasteiger partial charge in [-0.05, 0) is 42.8 Å². The van der Waals surface area contributed by atoms with E-state index in [1.54, 1.807) is 30.5 Å². The fourth-order valence-electron chi connectivity index (χ4n) is 3.69. The third kappa shape index (κ3) is 2.65. The molecule has 5 nitrogen and oxygen atoms in total. The van der Waals surface area contributed by atoms with Crippen molar-refractivity contribution in [3.8, 4) is 0 Å². The summed E-state index contributed by atoms with van der Waals surface area (Å²) in [6.07, 6.45) is 2.11. The summed E-state index contributed by atoms with van der Waals surface area (Å²) in [6.45, 7) is 0.815. The van der Waals surface area contributed by atoms with Crippen LogP contribution in [0.25, 0.3) is 10.9 Å². The van der Waals surface area contributed by atoms with Crippen molar-refractivity contribution in [2.45, 2.75) is 12.3 Å². The topological polar surface area (TPSA) is 59.3 Å². The van der Waals surface area contributed by atoms with Crippen molar-refractivity contribution in [2.75, 3.05) is 18.0 Å². The van der Waals surface area contributed by atoms with Crippen LogP contribution in [-0.2, 0) is 0 Å². The number of hydrogen-bond donors (Lipinski definition) is 0. The third-order valence-corrected chi connectivity index (χ3v) is 4.85.